The normalized spacial score (nSPS) is 29.0. The summed E-state index contributed by atoms with van der Waals surface area (Å²) >= 11 is 1.89. The van der Waals surface area contributed by atoms with Crippen LogP contribution in [0.15, 0.2) is 0 Å². The van der Waals surface area contributed by atoms with Gasteiger partial charge in [0.05, 0.1) is 12.4 Å². The van der Waals surface area contributed by atoms with E-state index < -0.39 is 0 Å². The smallest absolute Gasteiger partial charge is 0.232 e. The largest absolute Gasteiger partial charge is 0.380 e. The highest BCUT2D eigenvalue weighted by Gasteiger charge is 2.27. The summed E-state index contributed by atoms with van der Waals surface area (Å²) in [5.41, 5.74) is 0. The molecule has 0 aromatic rings. The highest BCUT2D eigenvalue weighted by atomic mass is 32.2. The fourth-order valence-electron chi connectivity index (χ4n) is 3.70. The maximum atomic E-state index is 12.4. The van der Waals surface area contributed by atoms with Gasteiger partial charge >= 0.3 is 0 Å². The average Bonchev–Trinajstić information content (AvgIpc) is 3.15. The molecule has 5 heteroatoms. The number of carbonyl (C=O) groups is 1. The number of thioether (sulfide) groups is 1. The number of amides is 1. The molecule has 4 nitrogen and oxygen atoms in total. The SMILES string of the molecule is O=C(CSC1CCCC1)N1CCCN(C2CCOC2)CC1. The lowest BCUT2D eigenvalue weighted by atomic mass is 10.2. The zero-order chi connectivity index (χ0) is 14.5. The first-order valence-corrected chi connectivity index (χ1v) is 9.59. The Bertz CT molecular complexity index is 341. The van der Waals surface area contributed by atoms with E-state index in [4.69, 9.17) is 4.74 Å². The third kappa shape index (κ3) is 4.36. The maximum absolute atomic E-state index is 12.4. The molecule has 1 aliphatic carbocycles. The number of carbonyl (C=O) groups excluding carboxylic acids is 1. The minimum atomic E-state index is 0.358. The van der Waals surface area contributed by atoms with Crippen LogP contribution in [-0.4, -0.2) is 72.1 Å². The van der Waals surface area contributed by atoms with Crippen LogP contribution in [0.3, 0.4) is 0 Å². The van der Waals surface area contributed by atoms with E-state index in [1.165, 1.54) is 25.7 Å². The molecule has 120 valence electrons. The number of ether oxygens (including phenoxy) is 1. The van der Waals surface area contributed by atoms with Crippen molar-refractivity contribution in [2.75, 3.05) is 45.1 Å². The minimum absolute atomic E-state index is 0.358. The van der Waals surface area contributed by atoms with Gasteiger partial charge < -0.3 is 9.64 Å². The summed E-state index contributed by atoms with van der Waals surface area (Å²) in [6.45, 7) is 5.77. The number of hydrogen-bond acceptors (Lipinski definition) is 4. The molecule has 3 aliphatic rings. The Balaban J connectivity index is 1.41. The molecule has 3 rings (SSSR count). The molecule has 21 heavy (non-hydrogen) atoms. The second-order valence-electron chi connectivity index (χ2n) is 6.51. The number of hydrogen-bond donors (Lipinski definition) is 0. The molecule has 1 saturated carbocycles. The van der Waals surface area contributed by atoms with Gasteiger partial charge in [-0.15, -0.1) is 11.8 Å². The molecule has 1 amide bonds. The molecule has 3 fully saturated rings. The van der Waals surface area contributed by atoms with Crippen molar-refractivity contribution in [2.24, 2.45) is 0 Å². The van der Waals surface area contributed by atoms with Crippen LogP contribution in [0.1, 0.15) is 38.5 Å². The molecule has 0 aromatic carbocycles. The predicted octanol–water partition coefficient (Wildman–Crippen LogP) is 1.99. The van der Waals surface area contributed by atoms with Gasteiger partial charge in [0, 0.05) is 44.1 Å². The van der Waals surface area contributed by atoms with Gasteiger partial charge in [-0.25, -0.2) is 0 Å². The molecule has 2 saturated heterocycles. The van der Waals surface area contributed by atoms with Gasteiger partial charge in [0.2, 0.25) is 5.91 Å². The van der Waals surface area contributed by atoms with Crippen molar-refractivity contribution in [3.05, 3.63) is 0 Å². The van der Waals surface area contributed by atoms with Crippen LogP contribution in [0.2, 0.25) is 0 Å². The lowest BCUT2D eigenvalue weighted by Crippen LogP contribution is -2.40. The van der Waals surface area contributed by atoms with Gasteiger partial charge in [-0.1, -0.05) is 12.8 Å². The van der Waals surface area contributed by atoms with Crippen LogP contribution in [0.25, 0.3) is 0 Å². The Kier molecular flexibility index (Phi) is 5.83. The molecule has 2 heterocycles. The molecule has 1 atom stereocenters. The van der Waals surface area contributed by atoms with E-state index in [0.29, 0.717) is 17.7 Å². The molecule has 0 spiro atoms. The molecular weight excluding hydrogens is 284 g/mol. The summed E-state index contributed by atoms with van der Waals surface area (Å²) in [7, 11) is 0. The standard InChI is InChI=1S/C16H28N2O2S/c19-16(13-21-15-4-1-2-5-15)18-8-3-7-17(9-10-18)14-6-11-20-12-14/h14-15H,1-13H2. The Morgan fingerprint density at radius 1 is 1.05 bits per heavy atom. The van der Waals surface area contributed by atoms with Crippen molar-refractivity contribution in [1.82, 2.24) is 9.80 Å². The zero-order valence-corrected chi connectivity index (χ0v) is 13.8. The van der Waals surface area contributed by atoms with E-state index >= 15 is 0 Å². The molecule has 0 N–H and O–H groups in total. The van der Waals surface area contributed by atoms with Gasteiger partial charge in [0.25, 0.3) is 0 Å². The average molecular weight is 312 g/mol. The van der Waals surface area contributed by atoms with Gasteiger partial charge in [-0.05, 0) is 25.7 Å². The van der Waals surface area contributed by atoms with E-state index in [1.807, 2.05) is 11.8 Å². The van der Waals surface area contributed by atoms with E-state index in [-0.39, 0.29) is 0 Å². The van der Waals surface area contributed by atoms with Gasteiger partial charge in [0.1, 0.15) is 0 Å². The molecule has 0 aromatic heterocycles. The topological polar surface area (TPSA) is 32.8 Å². The third-order valence-corrected chi connectivity index (χ3v) is 6.41. The second kappa shape index (κ2) is 7.84. The van der Waals surface area contributed by atoms with Crippen LogP contribution in [0, 0.1) is 0 Å². The quantitative estimate of drug-likeness (QED) is 0.795. The minimum Gasteiger partial charge on any atom is -0.380 e. The highest BCUT2D eigenvalue weighted by molar-refractivity contribution is 8.00. The monoisotopic (exact) mass is 312 g/mol. The Hall–Kier alpha value is -0.260. The van der Waals surface area contributed by atoms with Crippen LogP contribution in [0.5, 0.6) is 0 Å². The number of nitrogens with zero attached hydrogens (tertiary/aromatic N) is 2. The Morgan fingerprint density at radius 2 is 1.90 bits per heavy atom. The maximum Gasteiger partial charge on any atom is 0.232 e. The third-order valence-electron chi connectivity index (χ3n) is 5.05. The second-order valence-corrected chi connectivity index (χ2v) is 7.79. The lowest BCUT2D eigenvalue weighted by Gasteiger charge is -2.26. The summed E-state index contributed by atoms with van der Waals surface area (Å²) in [6.07, 6.45) is 7.60. The molecule has 0 radical (unpaired) electrons. The van der Waals surface area contributed by atoms with Crippen molar-refractivity contribution in [1.29, 1.82) is 0 Å². The first kappa shape index (κ1) is 15.6. The van der Waals surface area contributed by atoms with Crippen LogP contribution < -0.4 is 0 Å². The van der Waals surface area contributed by atoms with Gasteiger partial charge in [0.15, 0.2) is 0 Å². The zero-order valence-electron chi connectivity index (χ0n) is 13.0. The summed E-state index contributed by atoms with van der Waals surface area (Å²) in [5, 5.41) is 0.744. The Morgan fingerprint density at radius 3 is 2.67 bits per heavy atom. The molecular formula is C16H28N2O2S. The molecule has 2 aliphatic heterocycles. The van der Waals surface area contributed by atoms with Crippen molar-refractivity contribution in [3.8, 4) is 0 Å². The first-order chi connectivity index (χ1) is 10.3. The van der Waals surface area contributed by atoms with E-state index in [2.05, 4.69) is 9.80 Å². The van der Waals surface area contributed by atoms with Crippen LogP contribution in [0.4, 0.5) is 0 Å². The van der Waals surface area contributed by atoms with Crippen LogP contribution >= 0.6 is 11.8 Å². The summed E-state index contributed by atoms with van der Waals surface area (Å²) < 4.78 is 5.50. The molecule has 1 unspecified atom stereocenters. The van der Waals surface area contributed by atoms with Crippen molar-refractivity contribution < 1.29 is 9.53 Å². The predicted molar refractivity (Wildman–Crippen MR) is 86.7 cm³/mol. The Labute approximate surface area is 132 Å². The lowest BCUT2D eigenvalue weighted by molar-refractivity contribution is -0.128. The highest BCUT2D eigenvalue weighted by Crippen LogP contribution is 2.29. The van der Waals surface area contributed by atoms with E-state index in [9.17, 15) is 4.79 Å². The van der Waals surface area contributed by atoms with Crippen molar-refractivity contribution in [3.63, 3.8) is 0 Å². The van der Waals surface area contributed by atoms with Gasteiger partial charge in [-0.2, -0.15) is 0 Å². The van der Waals surface area contributed by atoms with E-state index in [0.717, 1.165) is 57.5 Å². The summed E-state index contributed by atoms with van der Waals surface area (Å²) in [5.74, 6) is 1.05. The van der Waals surface area contributed by atoms with Crippen molar-refractivity contribution >= 4 is 17.7 Å². The van der Waals surface area contributed by atoms with Crippen molar-refractivity contribution in [2.45, 2.75) is 49.8 Å². The van der Waals surface area contributed by atoms with Gasteiger partial charge in [-0.3, -0.25) is 9.69 Å². The van der Waals surface area contributed by atoms with E-state index in [1.54, 1.807) is 0 Å². The molecule has 0 bridgehead atoms. The summed E-state index contributed by atoms with van der Waals surface area (Å²) in [4.78, 5) is 17.0. The fourth-order valence-corrected chi connectivity index (χ4v) is 4.93. The number of rotatable bonds is 4. The summed E-state index contributed by atoms with van der Waals surface area (Å²) in [6, 6.07) is 0.591. The fraction of sp³-hybridized carbons (Fsp3) is 0.938. The first-order valence-electron chi connectivity index (χ1n) is 8.54. The van der Waals surface area contributed by atoms with Crippen LogP contribution in [-0.2, 0) is 9.53 Å².